The Morgan fingerprint density at radius 1 is 1.00 bits per heavy atom. The summed E-state index contributed by atoms with van der Waals surface area (Å²) in [6.45, 7) is 4.18. The molecule has 0 aliphatic carbocycles. The molecule has 2 heterocycles. The van der Waals surface area contributed by atoms with Gasteiger partial charge in [-0.1, -0.05) is 38.1 Å². The van der Waals surface area contributed by atoms with Crippen molar-refractivity contribution < 1.29 is 0 Å². The lowest BCUT2D eigenvalue weighted by molar-refractivity contribution is 0.705. The van der Waals surface area contributed by atoms with Gasteiger partial charge in [-0.2, -0.15) is 4.98 Å². The first kappa shape index (κ1) is 15.9. The molecule has 0 unspecified atom stereocenters. The van der Waals surface area contributed by atoms with Crippen LogP contribution in [0.2, 0.25) is 0 Å². The number of nitrogens with one attached hydrogen (secondary N) is 1. The second-order valence-corrected chi connectivity index (χ2v) is 6.10. The molecular formula is C17H18N4O3. The molecule has 0 atom stereocenters. The number of rotatable bonds is 2. The van der Waals surface area contributed by atoms with Crippen molar-refractivity contribution in [2.45, 2.75) is 19.8 Å². The smallest absolute Gasteiger partial charge is 0.304 e. The summed E-state index contributed by atoms with van der Waals surface area (Å²) in [6, 6.07) is 7.61. The zero-order valence-corrected chi connectivity index (χ0v) is 14.0. The van der Waals surface area contributed by atoms with Gasteiger partial charge in [0, 0.05) is 14.1 Å². The Hall–Kier alpha value is -2.96. The minimum atomic E-state index is -0.603. The average Bonchev–Trinajstić information content (AvgIpc) is 2.57. The van der Waals surface area contributed by atoms with Crippen LogP contribution in [-0.4, -0.2) is 19.1 Å². The number of aryl methyl sites for hydroxylation is 1. The van der Waals surface area contributed by atoms with Crippen LogP contribution in [0.25, 0.3) is 22.3 Å². The summed E-state index contributed by atoms with van der Waals surface area (Å²) in [6.07, 6.45) is 0. The molecule has 7 nitrogen and oxygen atoms in total. The number of aromatic nitrogens is 4. The summed E-state index contributed by atoms with van der Waals surface area (Å²) in [5.74, 6) is 0.376. The lowest BCUT2D eigenvalue weighted by Gasteiger charge is -2.11. The van der Waals surface area contributed by atoms with Gasteiger partial charge in [0.2, 0.25) is 0 Å². The molecule has 0 spiro atoms. The van der Waals surface area contributed by atoms with Gasteiger partial charge in [-0.05, 0) is 17.0 Å². The van der Waals surface area contributed by atoms with Crippen LogP contribution in [0, 0.1) is 0 Å². The third-order valence-corrected chi connectivity index (χ3v) is 4.19. The molecule has 0 saturated heterocycles. The summed E-state index contributed by atoms with van der Waals surface area (Å²) in [4.78, 5) is 43.0. The van der Waals surface area contributed by atoms with Crippen molar-refractivity contribution in [2.24, 2.45) is 14.1 Å². The SMILES string of the molecule is CC(C)c1ccc(-c2[nH]c(=O)nc3c2c(=O)n(C)c(=O)n3C)cc1. The molecule has 24 heavy (non-hydrogen) atoms. The Labute approximate surface area is 137 Å². The van der Waals surface area contributed by atoms with Gasteiger partial charge in [-0.25, -0.2) is 9.59 Å². The van der Waals surface area contributed by atoms with Gasteiger partial charge < -0.3 is 4.98 Å². The van der Waals surface area contributed by atoms with E-state index in [2.05, 4.69) is 23.8 Å². The van der Waals surface area contributed by atoms with Crippen molar-refractivity contribution in [3.05, 3.63) is 61.2 Å². The molecule has 2 aromatic heterocycles. The fraction of sp³-hybridized carbons (Fsp3) is 0.294. The molecule has 3 rings (SSSR count). The lowest BCUT2D eigenvalue weighted by atomic mass is 10.00. The summed E-state index contributed by atoms with van der Waals surface area (Å²) in [5.41, 5.74) is 0.686. The van der Waals surface area contributed by atoms with Crippen molar-refractivity contribution in [3.63, 3.8) is 0 Å². The van der Waals surface area contributed by atoms with Crippen molar-refractivity contribution >= 4 is 11.0 Å². The minimum Gasteiger partial charge on any atom is -0.304 e. The van der Waals surface area contributed by atoms with E-state index in [9.17, 15) is 14.4 Å². The number of benzene rings is 1. The number of nitrogens with zero attached hydrogens (tertiary/aromatic N) is 3. The largest absolute Gasteiger partial charge is 0.347 e. The Bertz CT molecular complexity index is 1100. The molecule has 1 aromatic carbocycles. The number of aromatic amines is 1. The van der Waals surface area contributed by atoms with E-state index in [1.165, 1.54) is 18.7 Å². The second kappa shape index (κ2) is 5.59. The zero-order chi connectivity index (χ0) is 17.6. The van der Waals surface area contributed by atoms with E-state index in [0.717, 1.165) is 10.1 Å². The van der Waals surface area contributed by atoms with Gasteiger partial charge in [0.25, 0.3) is 5.56 Å². The first-order valence-electron chi connectivity index (χ1n) is 7.61. The van der Waals surface area contributed by atoms with Crippen molar-refractivity contribution in [3.8, 4) is 11.3 Å². The number of fused-ring (bicyclic) bond motifs is 1. The molecule has 0 aliphatic heterocycles. The van der Waals surface area contributed by atoms with Crippen LogP contribution in [0.15, 0.2) is 38.6 Å². The van der Waals surface area contributed by atoms with E-state index < -0.39 is 16.9 Å². The molecule has 7 heteroatoms. The molecule has 0 amide bonds. The highest BCUT2D eigenvalue weighted by Gasteiger charge is 2.16. The van der Waals surface area contributed by atoms with E-state index in [1.54, 1.807) is 0 Å². The zero-order valence-electron chi connectivity index (χ0n) is 14.0. The summed E-state index contributed by atoms with van der Waals surface area (Å²) >= 11 is 0. The van der Waals surface area contributed by atoms with E-state index in [-0.39, 0.29) is 11.0 Å². The van der Waals surface area contributed by atoms with Crippen LogP contribution in [0.5, 0.6) is 0 Å². The Morgan fingerprint density at radius 2 is 1.62 bits per heavy atom. The van der Waals surface area contributed by atoms with E-state index in [4.69, 9.17) is 0 Å². The van der Waals surface area contributed by atoms with E-state index in [0.29, 0.717) is 17.2 Å². The topological polar surface area (TPSA) is 89.8 Å². The van der Waals surface area contributed by atoms with Gasteiger partial charge >= 0.3 is 11.4 Å². The molecule has 0 saturated carbocycles. The summed E-state index contributed by atoms with van der Waals surface area (Å²) < 4.78 is 2.21. The number of hydrogen-bond donors (Lipinski definition) is 1. The predicted octanol–water partition coefficient (Wildman–Crippen LogP) is 1.11. The van der Waals surface area contributed by atoms with Crippen LogP contribution in [0.4, 0.5) is 0 Å². The maximum atomic E-state index is 12.6. The molecule has 1 N–H and O–H groups in total. The lowest BCUT2D eigenvalue weighted by Crippen LogP contribution is -2.38. The monoisotopic (exact) mass is 326 g/mol. The fourth-order valence-corrected chi connectivity index (χ4v) is 2.73. The highest BCUT2D eigenvalue weighted by molar-refractivity contribution is 5.89. The summed E-state index contributed by atoms with van der Waals surface area (Å²) in [5, 5.41) is 0.219. The second-order valence-electron chi connectivity index (χ2n) is 6.10. The first-order chi connectivity index (χ1) is 11.3. The van der Waals surface area contributed by atoms with Crippen molar-refractivity contribution in [2.75, 3.05) is 0 Å². The molecule has 3 aromatic rings. The number of H-pyrrole nitrogens is 1. The van der Waals surface area contributed by atoms with Crippen LogP contribution < -0.4 is 16.9 Å². The molecule has 0 bridgehead atoms. The van der Waals surface area contributed by atoms with Gasteiger partial charge in [-0.15, -0.1) is 0 Å². The Kier molecular flexibility index (Phi) is 3.71. The van der Waals surface area contributed by atoms with Gasteiger partial charge in [0.1, 0.15) is 5.39 Å². The summed E-state index contributed by atoms with van der Waals surface area (Å²) in [7, 11) is 2.89. The highest BCUT2D eigenvalue weighted by Crippen LogP contribution is 2.23. The maximum absolute atomic E-state index is 12.6. The van der Waals surface area contributed by atoms with Crippen LogP contribution in [0.1, 0.15) is 25.3 Å². The fourth-order valence-electron chi connectivity index (χ4n) is 2.73. The maximum Gasteiger partial charge on any atom is 0.347 e. The quantitative estimate of drug-likeness (QED) is 0.764. The predicted molar refractivity (Wildman–Crippen MR) is 92.4 cm³/mol. The minimum absolute atomic E-state index is 0.0785. The van der Waals surface area contributed by atoms with Crippen LogP contribution >= 0.6 is 0 Å². The van der Waals surface area contributed by atoms with Gasteiger partial charge in [0.15, 0.2) is 5.65 Å². The van der Waals surface area contributed by atoms with Crippen molar-refractivity contribution in [1.29, 1.82) is 0 Å². The molecule has 0 aliphatic rings. The molecular weight excluding hydrogens is 308 g/mol. The highest BCUT2D eigenvalue weighted by atomic mass is 16.2. The normalized spacial score (nSPS) is 11.4. The molecule has 0 fully saturated rings. The van der Waals surface area contributed by atoms with Crippen LogP contribution in [-0.2, 0) is 14.1 Å². The number of hydrogen-bond acceptors (Lipinski definition) is 4. The first-order valence-corrected chi connectivity index (χ1v) is 7.61. The van der Waals surface area contributed by atoms with Gasteiger partial charge in [0.05, 0.1) is 5.69 Å². The Morgan fingerprint density at radius 3 is 2.21 bits per heavy atom. The third kappa shape index (κ3) is 2.38. The van der Waals surface area contributed by atoms with Gasteiger partial charge in [-0.3, -0.25) is 13.9 Å². The third-order valence-electron chi connectivity index (χ3n) is 4.19. The average molecular weight is 326 g/mol. The van der Waals surface area contributed by atoms with Crippen LogP contribution in [0.3, 0.4) is 0 Å². The van der Waals surface area contributed by atoms with E-state index in [1.807, 2.05) is 24.3 Å². The van der Waals surface area contributed by atoms with E-state index >= 15 is 0 Å². The van der Waals surface area contributed by atoms with Crippen molar-refractivity contribution in [1.82, 2.24) is 19.1 Å². The molecule has 124 valence electrons. The molecule has 0 radical (unpaired) electrons. The Balaban J connectivity index is 2.42. The standard InChI is InChI=1S/C17H18N4O3/c1-9(2)10-5-7-11(8-6-10)13-12-14(19-16(23)18-13)20(3)17(24)21(4)15(12)22/h5-9H,1-4H3,(H,18,19,23).